The van der Waals surface area contributed by atoms with Crippen molar-refractivity contribution in [2.24, 2.45) is 0 Å². The molecule has 7 heteroatoms. The molecule has 0 unspecified atom stereocenters. The highest BCUT2D eigenvalue weighted by Gasteiger charge is 2.19. The molecular weight excluding hydrogens is 394 g/mol. The maximum absolute atomic E-state index is 13.0. The summed E-state index contributed by atoms with van der Waals surface area (Å²) in [5, 5.41) is 0.682. The number of rotatable bonds is 3. The van der Waals surface area contributed by atoms with E-state index in [0.717, 1.165) is 41.5 Å². The number of nitrogens with zero attached hydrogens (tertiary/aromatic N) is 3. The van der Waals surface area contributed by atoms with Crippen molar-refractivity contribution >= 4 is 60.0 Å². The van der Waals surface area contributed by atoms with Crippen molar-refractivity contribution in [1.82, 2.24) is 15.0 Å². The average Bonchev–Trinajstić information content (AvgIpc) is 3.31. The van der Waals surface area contributed by atoms with Gasteiger partial charge in [-0.15, -0.1) is 22.7 Å². The molecule has 4 nitrogen and oxygen atoms in total. The monoisotopic (exact) mass is 405 g/mol. The smallest absolute Gasteiger partial charge is 0.228 e. The topological polar surface area (TPSA) is 55.7 Å². The zero-order chi connectivity index (χ0) is 18.2. The molecular formula is C20H11N3OS3. The lowest BCUT2D eigenvalue weighted by atomic mass is 10.2. The van der Waals surface area contributed by atoms with E-state index in [2.05, 4.69) is 15.0 Å². The molecule has 0 radical (unpaired) electrons. The summed E-state index contributed by atoms with van der Waals surface area (Å²) in [5.41, 5.74) is 3.01. The second-order valence-electron chi connectivity index (χ2n) is 5.72. The van der Waals surface area contributed by atoms with Gasteiger partial charge >= 0.3 is 0 Å². The molecule has 5 aromatic rings. The van der Waals surface area contributed by atoms with Gasteiger partial charge in [-0.2, -0.15) is 0 Å². The van der Waals surface area contributed by atoms with E-state index in [9.17, 15) is 4.79 Å². The van der Waals surface area contributed by atoms with E-state index in [-0.39, 0.29) is 5.12 Å². The number of aromatic nitrogens is 3. The number of hydrogen-bond donors (Lipinski definition) is 0. The van der Waals surface area contributed by atoms with Crippen LogP contribution in [0.25, 0.3) is 31.1 Å². The zero-order valence-electron chi connectivity index (χ0n) is 13.8. The van der Waals surface area contributed by atoms with Crippen molar-refractivity contribution in [3.63, 3.8) is 0 Å². The fourth-order valence-corrected chi connectivity index (χ4v) is 5.66. The van der Waals surface area contributed by atoms with E-state index in [0.29, 0.717) is 11.3 Å². The van der Waals surface area contributed by atoms with Gasteiger partial charge < -0.3 is 0 Å². The summed E-state index contributed by atoms with van der Waals surface area (Å²) < 4.78 is 2.89. The minimum absolute atomic E-state index is 0.0728. The lowest BCUT2D eigenvalue weighted by Gasteiger charge is -2.03. The summed E-state index contributed by atoms with van der Waals surface area (Å²) in [7, 11) is 0. The van der Waals surface area contributed by atoms with E-state index in [1.54, 1.807) is 29.7 Å². The molecule has 0 amide bonds. The molecule has 0 spiro atoms. The SMILES string of the molecule is O=C(Sc1nc2ccccc2s1)c1cccnc1-c1nc2ccccc2s1. The minimum Gasteiger partial charge on any atom is -0.281 e. The molecule has 0 aliphatic rings. The first-order valence-corrected chi connectivity index (χ1v) is 10.6. The quantitative estimate of drug-likeness (QED) is 0.350. The van der Waals surface area contributed by atoms with Crippen LogP contribution in [-0.2, 0) is 0 Å². The molecule has 27 heavy (non-hydrogen) atoms. The molecule has 130 valence electrons. The Morgan fingerprint density at radius 1 is 0.815 bits per heavy atom. The van der Waals surface area contributed by atoms with Gasteiger partial charge in [0.05, 0.1) is 26.0 Å². The highest BCUT2D eigenvalue weighted by atomic mass is 32.2. The van der Waals surface area contributed by atoms with E-state index < -0.39 is 0 Å². The van der Waals surface area contributed by atoms with Crippen molar-refractivity contribution < 1.29 is 4.79 Å². The number of carbonyl (C=O) groups is 1. The average molecular weight is 406 g/mol. The molecule has 0 atom stereocenters. The maximum Gasteiger partial charge on any atom is 0.228 e. The Hall–Kier alpha value is -2.61. The van der Waals surface area contributed by atoms with Gasteiger partial charge in [-0.3, -0.25) is 9.78 Å². The van der Waals surface area contributed by atoms with Gasteiger partial charge in [-0.25, -0.2) is 9.97 Å². The Kier molecular flexibility index (Phi) is 4.20. The molecule has 0 saturated carbocycles. The minimum atomic E-state index is -0.0728. The van der Waals surface area contributed by atoms with Crippen molar-refractivity contribution in [2.45, 2.75) is 4.34 Å². The zero-order valence-corrected chi connectivity index (χ0v) is 16.3. The number of pyridine rings is 1. The fraction of sp³-hybridized carbons (Fsp3) is 0. The predicted molar refractivity (Wildman–Crippen MR) is 113 cm³/mol. The molecule has 0 bridgehead atoms. The van der Waals surface area contributed by atoms with Gasteiger partial charge in [0.2, 0.25) is 5.12 Å². The number of fused-ring (bicyclic) bond motifs is 2. The van der Waals surface area contributed by atoms with E-state index in [1.807, 2.05) is 48.5 Å². The lowest BCUT2D eigenvalue weighted by Crippen LogP contribution is -1.98. The van der Waals surface area contributed by atoms with Crippen LogP contribution in [-0.4, -0.2) is 20.1 Å². The third-order valence-corrected chi connectivity index (χ3v) is 7.02. The van der Waals surface area contributed by atoms with E-state index >= 15 is 0 Å². The summed E-state index contributed by atoms with van der Waals surface area (Å²) >= 11 is 4.21. The number of carbonyl (C=O) groups excluding carboxylic acids is 1. The Bertz CT molecular complexity index is 1230. The molecule has 0 saturated heterocycles. The highest BCUT2D eigenvalue weighted by molar-refractivity contribution is 8.15. The van der Waals surface area contributed by atoms with Crippen molar-refractivity contribution in [2.75, 3.05) is 0 Å². The van der Waals surface area contributed by atoms with Gasteiger partial charge in [0.15, 0.2) is 4.34 Å². The lowest BCUT2D eigenvalue weighted by molar-refractivity contribution is 0.108. The fourth-order valence-electron chi connectivity index (χ4n) is 2.74. The van der Waals surface area contributed by atoms with Gasteiger partial charge in [-0.1, -0.05) is 24.3 Å². The van der Waals surface area contributed by atoms with Crippen LogP contribution >= 0.6 is 34.4 Å². The number of hydrogen-bond acceptors (Lipinski definition) is 7. The summed E-state index contributed by atoms with van der Waals surface area (Å²) in [6.45, 7) is 0. The van der Waals surface area contributed by atoms with Gasteiger partial charge in [-0.05, 0) is 48.2 Å². The van der Waals surface area contributed by atoms with Crippen LogP contribution in [0.3, 0.4) is 0 Å². The third kappa shape index (κ3) is 3.14. The van der Waals surface area contributed by atoms with E-state index in [1.165, 1.54) is 11.3 Å². The van der Waals surface area contributed by atoms with Crippen LogP contribution in [0, 0.1) is 0 Å². The summed E-state index contributed by atoms with van der Waals surface area (Å²) in [4.78, 5) is 26.6. The number of benzene rings is 2. The van der Waals surface area contributed by atoms with Gasteiger partial charge in [0.25, 0.3) is 0 Å². The van der Waals surface area contributed by atoms with Gasteiger partial charge in [0, 0.05) is 6.20 Å². The second-order valence-corrected chi connectivity index (χ2v) is 9.00. The van der Waals surface area contributed by atoms with Crippen LogP contribution < -0.4 is 0 Å². The molecule has 2 aromatic carbocycles. The highest BCUT2D eigenvalue weighted by Crippen LogP contribution is 2.35. The second kappa shape index (κ2) is 6.84. The Balaban J connectivity index is 1.52. The largest absolute Gasteiger partial charge is 0.281 e. The van der Waals surface area contributed by atoms with Crippen LogP contribution in [0.1, 0.15) is 10.4 Å². The Labute approximate surface area is 166 Å². The standard InChI is InChI=1S/C20H11N3OS3/c24-19(27-20-23-14-8-2-4-10-16(14)26-20)12-6-5-11-21-17(12)18-22-13-7-1-3-9-15(13)25-18/h1-11H. The summed E-state index contributed by atoms with van der Waals surface area (Å²) in [6.07, 6.45) is 1.69. The maximum atomic E-state index is 13.0. The van der Waals surface area contributed by atoms with E-state index in [4.69, 9.17) is 0 Å². The van der Waals surface area contributed by atoms with Crippen LogP contribution in [0.5, 0.6) is 0 Å². The van der Waals surface area contributed by atoms with Crippen molar-refractivity contribution in [3.05, 3.63) is 72.4 Å². The molecule has 0 aliphatic carbocycles. The van der Waals surface area contributed by atoms with Crippen molar-refractivity contribution in [1.29, 1.82) is 0 Å². The summed E-state index contributed by atoms with van der Waals surface area (Å²) in [6, 6.07) is 19.4. The summed E-state index contributed by atoms with van der Waals surface area (Å²) in [5.74, 6) is 0. The third-order valence-electron chi connectivity index (χ3n) is 3.98. The van der Waals surface area contributed by atoms with Crippen LogP contribution in [0.2, 0.25) is 0 Å². The first-order chi connectivity index (χ1) is 13.3. The molecule has 5 rings (SSSR count). The Morgan fingerprint density at radius 2 is 1.52 bits per heavy atom. The Morgan fingerprint density at radius 3 is 2.26 bits per heavy atom. The first kappa shape index (κ1) is 16.6. The van der Waals surface area contributed by atoms with Crippen LogP contribution in [0.4, 0.5) is 0 Å². The predicted octanol–water partition coefficient (Wildman–Crippen LogP) is 5.90. The van der Waals surface area contributed by atoms with Gasteiger partial charge in [0.1, 0.15) is 10.7 Å². The number of thiazole rings is 2. The first-order valence-electron chi connectivity index (χ1n) is 8.17. The molecule has 3 heterocycles. The van der Waals surface area contributed by atoms with Crippen molar-refractivity contribution in [3.8, 4) is 10.7 Å². The molecule has 3 aromatic heterocycles. The normalized spacial score (nSPS) is 11.3. The number of para-hydroxylation sites is 2. The molecule has 0 aliphatic heterocycles. The van der Waals surface area contributed by atoms with Crippen LogP contribution in [0.15, 0.2) is 71.2 Å². The number of thioether (sulfide) groups is 1. The molecule has 0 N–H and O–H groups in total. The molecule has 0 fully saturated rings.